The van der Waals surface area contributed by atoms with Crippen LogP contribution in [-0.2, 0) is 4.74 Å². The Hall–Kier alpha value is -1.65. The fourth-order valence-electron chi connectivity index (χ4n) is 0.813. The maximum Gasteiger partial charge on any atom is 0.342 e. The Labute approximate surface area is 82.7 Å². The number of carbonyl (C=O) groups is 1. The summed E-state index contributed by atoms with van der Waals surface area (Å²) >= 11 is 0. The van der Waals surface area contributed by atoms with Crippen LogP contribution < -0.4 is 4.90 Å². The van der Waals surface area contributed by atoms with Crippen LogP contribution >= 0.6 is 0 Å². The van der Waals surface area contributed by atoms with Gasteiger partial charge in [0.25, 0.3) is 0 Å². The second kappa shape index (κ2) is 4.55. The number of esters is 1. The number of hydrogen-bond acceptors (Lipinski definition) is 5. The average molecular weight is 194 g/mol. The van der Waals surface area contributed by atoms with E-state index in [4.69, 9.17) is 4.74 Å². The highest BCUT2D eigenvalue weighted by atomic mass is 16.5. The van der Waals surface area contributed by atoms with Crippen molar-refractivity contribution in [3.8, 4) is 0 Å². The van der Waals surface area contributed by atoms with E-state index in [0.29, 0.717) is 12.6 Å². The molecule has 1 radical (unpaired) electrons. The number of carbonyl (C=O) groups excluding carboxylic acids is 1. The van der Waals surface area contributed by atoms with E-state index < -0.39 is 5.97 Å². The summed E-state index contributed by atoms with van der Waals surface area (Å²) in [6.45, 7) is 2.08. The normalized spacial score (nSPS) is 9.64. The molecule has 0 saturated carbocycles. The van der Waals surface area contributed by atoms with Crippen molar-refractivity contribution in [3.05, 3.63) is 18.0 Å². The van der Waals surface area contributed by atoms with Gasteiger partial charge in [-0.15, -0.1) is 0 Å². The minimum absolute atomic E-state index is 0.248. The van der Waals surface area contributed by atoms with Crippen LogP contribution in [0.5, 0.6) is 0 Å². The molecule has 1 heterocycles. The third kappa shape index (κ3) is 2.42. The number of anilines is 1. The molecular weight excluding hydrogens is 182 g/mol. The molecule has 0 unspecified atom stereocenters. The lowest BCUT2D eigenvalue weighted by Gasteiger charge is -2.08. The molecule has 0 bridgehead atoms. The first-order valence-corrected chi connectivity index (χ1v) is 4.24. The summed E-state index contributed by atoms with van der Waals surface area (Å²) < 4.78 is 4.76. The van der Waals surface area contributed by atoms with Crippen LogP contribution in [0.25, 0.3) is 0 Å². The highest BCUT2D eigenvalue weighted by molar-refractivity contribution is 5.88. The van der Waals surface area contributed by atoms with Crippen LogP contribution in [-0.4, -0.2) is 36.6 Å². The van der Waals surface area contributed by atoms with E-state index in [1.165, 1.54) is 6.20 Å². The van der Waals surface area contributed by atoms with Gasteiger partial charge in [0.1, 0.15) is 11.8 Å². The Kier molecular flexibility index (Phi) is 3.39. The van der Waals surface area contributed by atoms with E-state index in [1.807, 2.05) is 14.1 Å². The second-order valence-corrected chi connectivity index (χ2v) is 2.81. The Morgan fingerprint density at radius 2 is 2.36 bits per heavy atom. The molecule has 0 spiro atoms. The van der Waals surface area contributed by atoms with E-state index in [-0.39, 0.29) is 5.56 Å². The van der Waals surface area contributed by atoms with Gasteiger partial charge in [0.2, 0.25) is 5.95 Å². The number of ether oxygens (including phenoxy) is 1. The molecule has 75 valence electrons. The predicted octanol–water partition coefficient (Wildman–Crippen LogP) is 0.519. The Morgan fingerprint density at radius 3 is 2.79 bits per heavy atom. The van der Waals surface area contributed by atoms with Crippen LogP contribution in [0.2, 0.25) is 0 Å². The molecule has 0 amide bonds. The van der Waals surface area contributed by atoms with Crippen molar-refractivity contribution in [1.29, 1.82) is 0 Å². The van der Waals surface area contributed by atoms with E-state index in [9.17, 15) is 4.79 Å². The standard InChI is InChI=1S/C9H12N3O2/c1-4-14-8(13)7-5-10-9(11-6-7)12(2)3/h5H,4H2,1-3H3. The quantitative estimate of drug-likeness (QED) is 0.656. The van der Waals surface area contributed by atoms with Crippen LogP contribution in [0, 0.1) is 6.20 Å². The van der Waals surface area contributed by atoms with Gasteiger partial charge >= 0.3 is 5.97 Å². The summed E-state index contributed by atoms with van der Waals surface area (Å²) in [6.07, 6.45) is 3.98. The topological polar surface area (TPSA) is 55.3 Å². The van der Waals surface area contributed by atoms with Crippen molar-refractivity contribution in [3.63, 3.8) is 0 Å². The lowest BCUT2D eigenvalue weighted by molar-refractivity contribution is 0.0525. The molecule has 0 N–H and O–H groups in total. The first-order valence-electron chi connectivity index (χ1n) is 4.24. The third-order valence-corrected chi connectivity index (χ3v) is 1.48. The molecule has 0 aliphatic carbocycles. The van der Waals surface area contributed by atoms with Crippen molar-refractivity contribution in [1.82, 2.24) is 9.97 Å². The molecule has 1 aromatic rings. The number of hydrogen-bond donors (Lipinski definition) is 0. The Morgan fingerprint density at radius 1 is 1.64 bits per heavy atom. The van der Waals surface area contributed by atoms with Crippen LogP contribution in [0.15, 0.2) is 6.20 Å². The third-order valence-electron chi connectivity index (χ3n) is 1.48. The van der Waals surface area contributed by atoms with Gasteiger partial charge in [0.05, 0.1) is 6.61 Å². The van der Waals surface area contributed by atoms with Gasteiger partial charge in [-0.05, 0) is 6.92 Å². The molecule has 0 aromatic carbocycles. The molecule has 0 saturated heterocycles. The smallest absolute Gasteiger partial charge is 0.342 e. The number of rotatable bonds is 3. The van der Waals surface area contributed by atoms with Crippen LogP contribution in [0.3, 0.4) is 0 Å². The van der Waals surface area contributed by atoms with E-state index in [1.54, 1.807) is 11.8 Å². The monoisotopic (exact) mass is 194 g/mol. The van der Waals surface area contributed by atoms with Crippen LogP contribution in [0.4, 0.5) is 5.95 Å². The second-order valence-electron chi connectivity index (χ2n) is 2.81. The first kappa shape index (κ1) is 10.4. The maximum atomic E-state index is 11.2. The molecule has 0 fully saturated rings. The summed E-state index contributed by atoms with van der Waals surface area (Å²) in [5.41, 5.74) is 0.248. The highest BCUT2D eigenvalue weighted by Crippen LogP contribution is 2.03. The fraction of sp³-hybridized carbons (Fsp3) is 0.444. The largest absolute Gasteiger partial charge is 0.462 e. The SMILES string of the molecule is CCOC(=O)c1[c]nc(N(C)C)nc1. The lowest BCUT2D eigenvalue weighted by atomic mass is 10.3. The Bertz CT molecular complexity index is 308. The minimum atomic E-state index is -0.446. The zero-order valence-corrected chi connectivity index (χ0v) is 8.44. The summed E-state index contributed by atoms with van der Waals surface area (Å²) in [6, 6.07) is 0. The summed E-state index contributed by atoms with van der Waals surface area (Å²) in [4.78, 5) is 20.7. The zero-order chi connectivity index (χ0) is 10.6. The molecule has 0 atom stereocenters. The molecule has 1 rings (SSSR count). The van der Waals surface area contributed by atoms with Gasteiger partial charge in [0, 0.05) is 20.3 Å². The first-order chi connectivity index (χ1) is 6.65. The zero-order valence-electron chi connectivity index (χ0n) is 8.44. The highest BCUT2D eigenvalue weighted by Gasteiger charge is 2.08. The van der Waals surface area contributed by atoms with Crippen molar-refractivity contribution < 1.29 is 9.53 Å². The van der Waals surface area contributed by atoms with E-state index in [0.717, 1.165) is 0 Å². The Balaban J connectivity index is 2.78. The van der Waals surface area contributed by atoms with Gasteiger partial charge in [-0.1, -0.05) is 0 Å². The molecular formula is C9H12N3O2. The van der Waals surface area contributed by atoms with E-state index in [2.05, 4.69) is 16.2 Å². The fourth-order valence-corrected chi connectivity index (χ4v) is 0.813. The average Bonchev–Trinajstić information content (AvgIpc) is 2.18. The number of aromatic nitrogens is 2. The van der Waals surface area contributed by atoms with E-state index >= 15 is 0 Å². The minimum Gasteiger partial charge on any atom is -0.462 e. The van der Waals surface area contributed by atoms with Crippen molar-refractivity contribution in [2.45, 2.75) is 6.92 Å². The lowest BCUT2D eigenvalue weighted by Crippen LogP contribution is -2.14. The van der Waals surface area contributed by atoms with Crippen molar-refractivity contribution in [2.75, 3.05) is 25.6 Å². The van der Waals surface area contributed by atoms with Crippen molar-refractivity contribution >= 4 is 11.9 Å². The van der Waals surface area contributed by atoms with Gasteiger partial charge in [-0.2, -0.15) is 0 Å². The van der Waals surface area contributed by atoms with Gasteiger partial charge in [-0.3, -0.25) is 0 Å². The van der Waals surface area contributed by atoms with Crippen molar-refractivity contribution in [2.24, 2.45) is 0 Å². The van der Waals surface area contributed by atoms with Crippen LogP contribution in [0.1, 0.15) is 17.3 Å². The molecule has 14 heavy (non-hydrogen) atoms. The predicted molar refractivity (Wildman–Crippen MR) is 51.2 cm³/mol. The summed E-state index contributed by atoms with van der Waals surface area (Å²) in [5.74, 6) is 0.0656. The van der Waals surface area contributed by atoms with Gasteiger partial charge in [-0.25, -0.2) is 14.8 Å². The maximum absolute atomic E-state index is 11.2. The molecule has 5 heteroatoms. The molecule has 5 nitrogen and oxygen atoms in total. The molecule has 0 aliphatic heterocycles. The van der Waals surface area contributed by atoms with Gasteiger partial charge in [0.15, 0.2) is 0 Å². The summed E-state index contributed by atoms with van der Waals surface area (Å²) in [5, 5.41) is 0. The number of nitrogens with zero attached hydrogens (tertiary/aromatic N) is 3. The molecule has 0 aliphatic rings. The summed E-state index contributed by atoms with van der Waals surface area (Å²) in [7, 11) is 3.63. The molecule has 1 aromatic heterocycles. The van der Waals surface area contributed by atoms with Gasteiger partial charge < -0.3 is 9.64 Å².